The summed E-state index contributed by atoms with van der Waals surface area (Å²) in [6.45, 7) is 0. The zero-order valence-electron chi connectivity index (χ0n) is 6.07. The second-order valence-electron chi connectivity index (χ2n) is 1.93. The highest BCUT2D eigenvalue weighted by Gasteiger charge is 1.97. The van der Waals surface area contributed by atoms with Crippen molar-refractivity contribution in [2.24, 2.45) is 0 Å². The number of hydrogen-bond acceptors (Lipinski definition) is 3. The number of hydrogen-bond donors (Lipinski definition) is 2. The van der Waals surface area contributed by atoms with Gasteiger partial charge >= 0.3 is 0 Å². The quantitative estimate of drug-likeness (QED) is 0.635. The zero-order valence-corrected chi connectivity index (χ0v) is 6.89. The number of phenolic OH excluding ortho intramolecular Hbond substituents is 1. The van der Waals surface area contributed by atoms with Crippen molar-refractivity contribution in [2.75, 3.05) is 12.8 Å². The summed E-state index contributed by atoms with van der Waals surface area (Å²) in [6.07, 6.45) is 0. The van der Waals surface area contributed by atoms with E-state index in [1.54, 1.807) is 6.07 Å². The SMILES string of the molecule is COc1ccc(O)cc1N.Cl. The van der Waals surface area contributed by atoms with Gasteiger partial charge in [-0.15, -0.1) is 12.4 Å². The molecule has 0 radical (unpaired) electrons. The van der Waals surface area contributed by atoms with E-state index in [0.717, 1.165) is 0 Å². The van der Waals surface area contributed by atoms with Crippen molar-refractivity contribution in [3.05, 3.63) is 18.2 Å². The summed E-state index contributed by atoms with van der Waals surface area (Å²) in [4.78, 5) is 0. The van der Waals surface area contributed by atoms with Crippen LogP contribution in [0, 0.1) is 0 Å². The Hall–Kier alpha value is -1.09. The molecule has 11 heavy (non-hydrogen) atoms. The lowest BCUT2D eigenvalue weighted by Gasteiger charge is -2.02. The van der Waals surface area contributed by atoms with Crippen LogP contribution < -0.4 is 10.5 Å². The number of rotatable bonds is 1. The Morgan fingerprint density at radius 2 is 2.09 bits per heavy atom. The molecule has 0 amide bonds. The molecule has 0 bridgehead atoms. The minimum Gasteiger partial charge on any atom is -0.508 e. The third kappa shape index (κ3) is 2.20. The van der Waals surface area contributed by atoms with E-state index in [4.69, 9.17) is 15.6 Å². The molecule has 0 spiro atoms. The molecule has 1 rings (SSSR count). The molecule has 62 valence electrons. The molecule has 1 aromatic rings. The van der Waals surface area contributed by atoms with Crippen LogP contribution in [0.5, 0.6) is 11.5 Å². The van der Waals surface area contributed by atoms with E-state index in [1.165, 1.54) is 19.2 Å². The second-order valence-corrected chi connectivity index (χ2v) is 1.93. The number of aromatic hydroxyl groups is 1. The summed E-state index contributed by atoms with van der Waals surface area (Å²) < 4.78 is 4.86. The zero-order chi connectivity index (χ0) is 7.56. The summed E-state index contributed by atoms with van der Waals surface area (Å²) in [5.41, 5.74) is 5.89. The van der Waals surface area contributed by atoms with Gasteiger partial charge in [0.1, 0.15) is 11.5 Å². The van der Waals surface area contributed by atoms with Crippen LogP contribution in [0.1, 0.15) is 0 Å². The number of benzene rings is 1. The summed E-state index contributed by atoms with van der Waals surface area (Å²) >= 11 is 0. The highest BCUT2D eigenvalue weighted by Crippen LogP contribution is 2.24. The van der Waals surface area contributed by atoms with Gasteiger partial charge in [-0.1, -0.05) is 0 Å². The summed E-state index contributed by atoms with van der Waals surface area (Å²) in [6, 6.07) is 4.58. The molecule has 0 unspecified atom stereocenters. The molecule has 0 aromatic heterocycles. The molecule has 0 saturated heterocycles. The molecular weight excluding hydrogens is 166 g/mol. The fourth-order valence-electron chi connectivity index (χ4n) is 0.722. The summed E-state index contributed by atoms with van der Waals surface area (Å²) in [5.74, 6) is 0.733. The maximum Gasteiger partial charge on any atom is 0.142 e. The highest BCUT2D eigenvalue weighted by atomic mass is 35.5. The first-order valence-corrected chi connectivity index (χ1v) is 2.86. The Bertz CT molecular complexity index is 240. The van der Waals surface area contributed by atoms with E-state index in [0.29, 0.717) is 11.4 Å². The van der Waals surface area contributed by atoms with Gasteiger partial charge < -0.3 is 15.6 Å². The average Bonchev–Trinajstić information content (AvgIpc) is 1.88. The fourth-order valence-corrected chi connectivity index (χ4v) is 0.722. The van der Waals surface area contributed by atoms with Gasteiger partial charge in [0.2, 0.25) is 0 Å². The van der Waals surface area contributed by atoms with Crippen LogP contribution in [0.3, 0.4) is 0 Å². The fraction of sp³-hybridized carbons (Fsp3) is 0.143. The molecule has 4 heteroatoms. The largest absolute Gasteiger partial charge is 0.508 e. The second kappa shape index (κ2) is 3.93. The van der Waals surface area contributed by atoms with E-state index in [1.807, 2.05) is 0 Å². The van der Waals surface area contributed by atoms with Crippen LogP contribution in [-0.2, 0) is 0 Å². The number of nitrogens with two attached hydrogens (primary N) is 1. The van der Waals surface area contributed by atoms with Crippen molar-refractivity contribution < 1.29 is 9.84 Å². The molecule has 0 aliphatic rings. The van der Waals surface area contributed by atoms with Gasteiger partial charge in [-0.25, -0.2) is 0 Å². The number of methoxy groups -OCH3 is 1. The van der Waals surface area contributed by atoms with Crippen molar-refractivity contribution in [1.29, 1.82) is 0 Å². The molecule has 0 fully saturated rings. The normalized spacial score (nSPS) is 8.45. The third-order valence-corrected chi connectivity index (χ3v) is 1.21. The van der Waals surface area contributed by atoms with Crippen molar-refractivity contribution >= 4 is 18.1 Å². The van der Waals surface area contributed by atoms with E-state index in [-0.39, 0.29) is 18.2 Å². The Labute approximate surface area is 71.2 Å². The Morgan fingerprint density at radius 1 is 1.45 bits per heavy atom. The van der Waals surface area contributed by atoms with Crippen LogP contribution in [0.4, 0.5) is 5.69 Å². The van der Waals surface area contributed by atoms with E-state index >= 15 is 0 Å². The monoisotopic (exact) mass is 175 g/mol. The average molecular weight is 176 g/mol. The van der Waals surface area contributed by atoms with Gasteiger partial charge in [-0.3, -0.25) is 0 Å². The lowest BCUT2D eigenvalue weighted by Crippen LogP contribution is -1.90. The lowest BCUT2D eigenvalue weighted by atomic mass is 10.3. The number of ether oxygens (including phenoxy) is 1. The molecular formula is C7H10ClNO2. The first-order valence-electron chi connectivity index (χ1n) is 2.86. The Balaban J connectivity index is 0.000001000. The van der Waals surface area contributed by atoms with Gasteiger partial charge in [-0.05, 0) is 12.1 Å². The van der Waals surface area contributed by atoms with Gasteiger partial charge in [0.05, 0.1) is 12.8 Å². The molecule has 3 N–H and O–H groups in total. The van der Waals surface area contributed by atoms with Gasteiger partial charge in [0.25, 0.3) is 0 Å². The van der Waals surface area contributed by atoms with Gasteiger partial charge in [-0.2, -0.15) is 0 Å². The van der Waals surface area contributed by atoms with Crippen LogP contribution >= 0.6 is 12.4 Å². The molecule has 3 nitrogen and oxygen atoms in total. The van der Waals surface area contributed by atoms with E-state index in [9.17, 15) is 0 Å². The van der Waals surface area contributed by atoms with Crippen LogP contribution in [0.25, 0.3) is 0 Å². The molecule has 1 aromatic carbocycles. The first-order chi connectivity index (χ1) is 4.74. The minimum absolute atomic E-state index is 0. The lowest BCUT2D eigenvalue weighted by molar-refractivity contribution is 0.414. The predicted molar refractivity (Wildman–Crippen MR) is 46.3 cm³/mol. The number of phenols is 1. The Kier molecular flexibility index (Phi) is 3.54. The van der Waals surface area contributed by atoms with Crippen molar-refractivity contribution in [1.82, 2.24) is 0 Å². The minimum atomic E-state index is 0. The van der Waals surface area contributed by atoms with Crippen molar-refractivity contribution in [3.63, 3.8) is 0 Å². The van der Waals surface area contributed by atoms with Gasteiger partial charge in [0, 0.05) is 6.07 Å². The van der Waals surface area contributed by atoms with Crippen LogP contribution in [0.2, 0.25) is 0 Å². The number of anilines is 1. The first kappa shape index (κ1) is 9.91. The summed E-state index contributed by atoms with van der Waals surface area (Å²) in [7, 11) is 1.53. The topological polar surface area (TPSA) is 55.5 Å². The molecule has 0 aliphatic carbocycles. The molecule has 0 atom stereocenters. The Morgan fingerprint density at radius 3 is 2.55 bits per heavy atom. The van der Waals surface area contributed by atoms with Crippen molar-refractivity contribution in [2.45, 2.75) is 0 Å². The summed E-state index contributed by atoms with van der Waals surface area (Å²) in [5, 5.41) is 8.90. The number of nitrogen functional groups attached to an aromatic ring is 1. The molecule has 0 heterocycles. The smallest absolute Gasteiger partial charge is 0.142 e. The van der Waals surface area contributed by atoms with Crippen LogP contribution in [-0.4, -0.2) is 12.2 Å². The predicted octanol–water partition coefficient (Wildman–Crippen LogP) is 1.40. The molecule has 0 saturated carbocycles. The van der Waals surface area contributed by atoms with Crippen molar-refractivity contribution in [3.8, 4) is 11.5 Å². The standard InChI is InChI=1S/C7H9NO2.ClH/c1-10-7-3-2-5(9)4-6(7)8;/h2-4,9H,8H2,1H3;1H. The van der Waals surface area contributed by atoms with Crippen LogP contribution in [0.15, 0.2) is 18.2 Å². The van der Waals surface area contributed by atoms with E-state index in [2.05, 4.69) is 0 Å². The maximum absolute atomic E-state index is 8.90. The van der Waals surface area contributed by atoms with Gasteiger partial charge in [0.15, 0.2) is 0 Å². The maximum atomic E-state index is 8.90. The highest BCUT2D eigenvalue weighted by molar-refractivity contribution is 5.85. The third-order valence-electron chi connectivity index (χ3n) is 1.21. The van der Waals surface area contributed by atoms with E-state index < -0.39 is 0 Å². The molecule has 0 aliphatic heterocycles. The number of halogens is 1.